The quantitative estimate of drug-likeness (QED) is 0.653. The van der Waals surface area contributed by atoms with Gasteiger partial charge in [0.05, 0.1) is 12.2 Å². The number of ether oxygens (including phenoxy) is 1. The molecule has 0 saturated carbocycles. The maximum Gasteiger partial charge on any atom is 0.0633 e. The lowest BCUT2D eigenvalue weighted by Crippen LogP contribution is -2.37. The molecule has 2 rings (SSSR count). The van der Waals surface area contributed by atoms with Crippen LogP contribution in [-0.2, 0) is 4.74 Å². The van der Waals surface area contributed by atoms with E-state index in [0.29, 0.717) is 5.41 Å². The van der Waals surface area contributed by atoms with Gasteiger partial charge in [-0.2, -0.15) is 0 Å². The maximum absolute atomic E-state index is 5.81. The lowest BCUT2D eigenvalue weighted by Gasteiger charge is -2.32. The summed E-state index contributed by atoms with van der Waals surface area (Å²) >= 11 is 0. The van der Waals surface area contributed by atoms with E-state index in [9.17, 15) is 0 Å². The molecule has 2 heterocycles. The summed E-state index contributed by atoms with van der Waals surface area (Å²) in [6.45, 7) is 7.77. The third-order valence-electron chi connectivity index (χ3n) is 3.23. The van der Waals surface area contributed by atoms with Gasteiger partial charge < -0.3 is 10.1 Å². The van der Waals surface area contributed by atoms with Crippen LogP contribution >= 0.6 is 12.4 Å². The Balaban J connectivity index is 0.000000845. The average Bonchev–Trinajstić information content (AvgIpc) is 2.29. The van der Waals surface area contributed by atoms with E-state index in [1.54, 1.807) is 0 Å². The fraction of sp³-hybridized carbons (Fsp3) is 1.00. The molecule has 0 amide bonds. The molecule has 2 nitrogen and oxygen atoms in total. The Kier molecular flexibility index (Phi) is 3.26. The number of rotatable bonds is 0. The van der Waals surface area contributed by atoms with Gasteiger partial charge >= 0.3 is 0 Å². The van der Waals surface area contributed by atoms with Crippen LogP contribution in [0.3, 0.4) is 0 Å². The minimum atomic E-state index is 0. The molecule has 0 unspecified atom stereocenters. The van der Waals surface area contributed by atoms with E-state index in [0.717, 1.165) is 6.61 Å². The molecule has 0 radical (unpaired) electrons. The zero-order chi connectivity index (χ0) is 8.66. The number of nitrogens with one attached hydrogen (secondary N) is 1. The van der Waals surface area contributed by atoms with E-state index in [1.165, 1.54) is 32.4 Å². The maximum atomic E-state index is 5.81. The third-order valence-corrected chi connectivity index (χ3v) is 3.23. The lowest BCUT2D eigenvalue weighted by atomic mass is 9.75. The van der Waals surface area contributed by atoms with Gasteiger partial charge in [-0.1, -0.05) is 0 Å². The van der Waals surface area contributed by atoms with Gasteiger partial charge in [-0.25, -0.2) is 0 Å². The Morgan fingerprint density at radius 2 is 1.77 bits per heavy atom. The molecule has 1 N–H and O–H groups in total. The molecule has 2 aliphatic heterocycles. The molecule has 0 bridgehead atoms. The van der Waals surface area contributed by atoms with Crippen LogP contribution in [0.15, 0.2) is 0 Å². The summed E-state index contributed by atoms with van der Waals surface area (Å²) < 4.78 is 5.81. The minimum Gasteiger partial charge on any atom is -0.375 e. The summed E-state index contributed by atoms with van der Waals surface area (Å²) in [4.78, 5) is 0. The van der Waals surface area contributed by atoms with Crippen molar-refractivity contribution in [3.63, 3.8) is 0 Å². The first-order valence-corrected chi connectivity index (χ1v) is 4.97. The van der Waals surface area contributed by atoms with E-state index in [-0.39, 0.29) is 18.0 Å². The van der Waals surface area contributed by atoms with Gasteiger partial charge in [0.25, 0.3) is 0 Å². The van der Waals surface area contributed by atoms with Crippen LogP contribution in [0, 0.1) is 5.41 Å². The van der Waals surface area contributed by atoms with Crippen LogP contribution in [0.4, 0.5) is 0 Å². The van der Waals surface area contributed by atoms with Crippen molar-refractivity contribution in [1.82, 2.24) is 5.32 Å². The molecular weight excluding hydrogens is 186 g/mol. The molecule has 3 heteroatoms. The van der Waals surface area contributed by atoms with Gasteiger partial charge in [0.15, 0.2) is 0 Å². The number of hydrogen-bond donors (Lipinski definition) is 1. The average molecular weight is 206 g/mol. The van der Waals surface area contributed by atoms with Gasteiger partial charge in [0, 0.05) is 0 Å². The summed E-state index contributed by atoms with van der Waals surface area (Å²) in [7, 11) is 0. The van der Waals surface area contributed by atoms with Crippen molar-refractivity contribution in [2.24, 2.45) is 5.41 Å². The normalized spacial score (nSPS) is 30.0. The molecule has 0 atom stereocenters. The smallest absolute Gasteiger partial charge is 0.0633 e. The molecular formula is C10H20ClNO. The van der Waals surface area contributed by atoms with Crippen LogP contribution in [0.2, 0.25) is 0 Å². The highest BCUT2D eigenvalue weighted by molar-refractivity contribution is 5.85. The van der Waals surface area contributed by atoms with Crippen molar-refractivity contribution in [3.8, 4) is 0 Å². The molecule has 78 valence electrons. The van der Waals surface area contributed by atoms with E-state index in [4.69, 9.17) is 4.74 Å². The molecule has 1 spiro atoms. The summed E-state index contributed by atoms with van der Waals surface area (Å²) in [5, 5.41) is 3.41. The van der Waals surface area contributed by atoms with Crippen molar-refractivity contribution in [2.45, 2.75) is 38.7 Å². The third kappa shape index (κ3) is 2.36. The fourth-order valence-corrected chi connectivity index (χ4v) is 2.63. The van der Waals surface area contributed by atoms with E-state index < -0.39 is 0 Å². The van der Waals surface area contributed by atoms with Crippen molar-refractivity contribution < 1.29 is 4.74 Å². The Hall–Kier alpha value is 0.210. The van der Waals surface area contributed by atoms with Gasteiger partial charge in [-0.05, 0) is 51.6 Å². The predicted molar refractivity (Wildman–Crippen MR) is 56.4 cm³/mol. The second kappa shape index (κ2) is 3.76. The molecule has 0 aromatic heterocycles. The van der Waals surface area contributed by atoms with E-state index in [1.807, 2.05) is 0 Å². The topological polar surface area (TPSA) is 21.3 Å². The molecule has 0 aromatic rings. The minimum absolute atomic E-state index is 0. The monoisotopic (exact) mass is 205 g/mol. The number of halogens is 1. The molecule has 0 aliphatic carbocycles. The summed E-state index contributed by atoms with van der Waals surface area (Å²) in [6, 6.07) is 0. The number of piperidine rings is 1. The summed E-state index contributed by atoms with van der Waals surface area (Å²) in [5.41, 5.74) is 0.659. The van der Waals surface area contributed by atoms with Gasteiger partial charge in [0.1, 0.15) is 0 Å². The molecule has 2 fully saturated rings. The van der Waals surface area contributed by atoms with Crippen LogP contribution in [0.5, 0.6) is 0 Å². The van der Waals surface area contributed by atoms with Gasteiger partial charge in [-0.15, -0.1) is 12.4 Å². The summed E-state index contributed by atoms with van der Waals surface area (Å²) in [5.74, 6) is 0. The largest absolute Gasteiger partial charge is 0.375 e. The predicted octanol–water partition coefficient (Wildman–Crippen LogP) is 1.98. The van der Waals surface area contributed by atoms with Crippen molar-refractivity contribution in [3.05, 3.63) is 0 Å². The summed E-state index contributed by atoms with van der Waals surface area (Å²) in [6.07, 6.45) is 3.86. The second-order valence-corrected chi connectivity index (χ2v) is 4.98. The molecule has 13 heavy (non-hydrogen) atoms. The first kappa shape index (κ1) is 11.3. The van der Waals surface area contributed by atoms with Gasteiger partial charge in [-0.3, -0.25) is 0 Å². The van der Waals surface area contributed by atoms with Crippen molar-refractivity contribution in [1.29, 1.82) is 0 Å². The molecule has 2 saturated heterocycles. The Labute approximate surface area is 86.8 Å². The van der Waals surface area contributed by atoms with E-state index >= 15 is 0 Å². The SMILES string of the molecule is CC1(C)CC2(CCNCC2)CO1.Cl. The zero-order valence-corrected chi connectivity index (χ0v) is 9.38. The lowest BCUT2D eigenvalue weighted by molar-refractivity contribution is 0.0291. The van der Waals surface area contributed by atoms with Crippen LogP contribution in [0.25, 0.3) is 0 Å². The highest BCUT2D eigenvalue weighted by atomic mass is 35.5. The van der Waals surface area contributed by atoms with Crippen LogP contribution < -0.4 is 5.32 Å². The standard InChI is InChI=1S/C10H19NO.ClH/c1-9(2)7-10(8-12-9)3-5-11-6-4-10;/h11H,3-8H2,1-2H3;1H. The molecule has 0 aromatic carbocycles. The first-order chi connectivity index (χ1) is 5.62. The Bertz CT molecular complexity index is 176. The number of hydrogen-bond acceptors (Lipinski definition) is 2. The highest BCUT2D eigenvalue weighted by Crippen LogP contribution is 2.44. The first-order valence-electron chi connectivity index (χ1n) is 4.97. The fourth-order valence-electron chi connectivity index (χ4n) is 2.63. The second-order valence-electron chi connectivity index (χ2n) is 4.98. The highest BCUT2D eigenvalue weighted by Gasteiger charge is 2.44. The van der Waals surface area contributed by atoms with Crippen LogP contribution in [0.1, 0.15) is 33.1 Å². The Morgan fingerprint density at radius 3 is 2.23 bits per heavy atom. The van der Waals surface area contributed by atoms with Crippen molar-refractivity contribution in [2.75, 3.05) is 19.7 Å². The molecule has 2 aliphatic rings. The Morgan fingerprint density at radius 1 is 1.15 bits per heavy atom. The van der Waals surface area contributed by atoms with E-state index in [2.05, 4.69) is 19.2 Å². The van der Waals surface area contributed by atoms with Crippen molar-refractivity contribution >= 4 is 12.4 Å². The zero-order valence-electron chi connectivity index (χ0n) is 8.56. The van der Waals surface area contributed by atoms with Gasteiger partial charge in [0.2, 0.25) is 0 Å². The van der Waals surface area contributed by atoms with Crippen LogP contribution in [-0.4, -0.2) is 25.3 Å².